The molecular weight excluding hydrogens is 471 g/mol. The van der Waals surface area contributed by atoms with Crippen LogP contribution in [0, 0.1) is 0 Å². The van der Waals surface area contributed by atoms with E-state index in [0.29, 0.717) is 0 Å². The molecule has 2 aliphatic heterocycles. The first-order valence-corrected chi connectivity index (χ1v) is 14.1. The third kappa shape index (κ3) is 3.50. The Kier molecular flexibility index (Phi) is 5.22. The van der Waals surface area contributed by atoms with Gasteiger partial charge in [-0.1, -0.05) is 103 Å². The van der Waals surface area contributed by atoms with Gasteiger partial charge in [0.15, 0.2) is 0 Å². The fourth-order valence-electron chi connectivity index (χ4n) is 6.88. The normalized spacial score (nSPS) is 18.4. The molecular formula is C36H29BN2. The molecule has 0 saturated heterocycles. The maximum absolute atomic E-state index is 2.61. The Labute approximate surface area is 231 Å². The first kappa shape index (κ1) is 22.5. The molecule has 0 N–H and O–H groups in total. The standard InChI is InChI=1S/C36H29BN2/c1-4-14-26(15-5-1)27-24-34-36-35(25-27)39(29-18-8-3-9-19-29)33-23-13-11-21-31(33)37(36)30-20-10-12-22-32(30)38(34)28-16-6-2-7-17-28/h1-2,4-8,10-16,18-25,28H,3,9,17H2/t28-/m0/s1. The predicted molar refractivity (Wildman–Crippen MR) is 167 cm³/mol. The molecule has 0 fully saturated rings. The number of rotatable bonds is 3. The Balaban J connectivity index is 1.47. The molecule has 0 aromatic heterocycles. The minimum Gasteiger partial charge on any atom is -0.335 e. The summed E-state index contributed by atoms with van der Waals surface area (Å²) in [5.74, 6) is 0. The zero-order valence-corrected chi connectivity index (χ0v) is 21.9. The van der Waals surface area contributed by atoms with Gasteiger partial charge in [0.2, 0.25) is 0 Å². The molecule has 8 rings (SSSR count). The second-order valence-corrected chi connectivity index (χ2v) is 10.8. The molecule has 4 aromatic carbocycles. The first-order chi connectivity index (χ1) is 19.4. The van der Waals surface area contributed by atoms with Gasteiger partial charge < -0.3 is 9.80 Å². The summed E-state index contributed by atoms with van der Waals surface area (Å²) in [7, 11) is 0. The molecule has 0 bridgehead atoms. The van der Waals surface area contributed by atoms with Gasteiger partial charge in [-0.25, -0.2) is 0 Å². The molecule has 2 aliphatic carbocycles. The minimum atomic E-state index is 0.191. The van der Waals surface area contributed by atoms with Crippen molar-refractivity contribution >= 4 is 45.9 Å². The molecule has 0 amide bonds. The SMILES string of the molecule is C1=CC[C@@H](N2c3ccccc3B3c4ccccc4N(C4=CCCC=C4)c4cc(-c5ccccc5)cc2c43)C=C1. The highest BCUT2D eigenvalue weighted by atomic mass is 15.2. The highest BCUT2D eigenvalue weighted by Gasteiger charge is 2.44. The van der Waals surface area contributed by atoms with E-state index in [9.17, 15) is 0 Å². The molecule has 2 heterocycles. The lowest BCUT2D eigenvalue weighted by atomic mass is 9.33. The topological polar surface area (TPSA) is 6.48 Å². The zero-order chi connectivity index (χ0) is 25.8. The summed E-state index contributed by atoms with van der Waals surface area (Å²) in [6.45, 7) is 0.191. The smallest absolute Gasteiger partial charge is 0.252 e. The van der Waals surface area contributed by atoms with E-state index in [1.165, 1.54) is 56.0 Å². The summed E-state index contributed by atoms with van der Waals surface area (Å²) in [5.41, 5.74) is 13.2. The van der Waals surface area contributed by atoms with Crippen LogP contribution in [0.25, 0.3) is 11.1 Å². The fraction of sp³-hybridized carbons (Fsp3) is 0.111. The van der Waals surface area contributed by atoms with Crippen LogP contribution in [0.4, 0.5) is 22.7 Å². The van der Waals surface area contributed by atoms with E-state index in [-0.39, 0.29) is 12.8 Å². The van der Waals surface area contributed by atoms with Crippen LogP contribution in [-0.4, -0.2) is 12.8 Å². The number of anilines is 4. The Bertz CT molecular complexity index is 1710. The fourth-order valence-corrected chi connectivity index (χ4v) is 6.88. The van der Waals surface area contributed by atoms with E-state index in [2.05, 4.69) is 143 Å². The predicted octanol–water partition coefficient (Wildman–Crippen LogP) is 6.89. The van der Waals surface area contributed by atoms with Crippen molar-refractivity contribution in [3.8, 4) is 11.1 Å². The van der Waals surface area contributed by atoms with Crippen LogP contribution in [0.1, 0.15) is 19.3 Å². The first-order valence-electron chi connectivity index (χ1n) is 14.1. The lowest BCUT2D eigenvalue weighted by Gasteiger charge is -2.46. The van der Waals surface area contributed by atoms with Gasteiger partial charge in [0.25, 0.3) is 6.71 Å². The molecule has 0 radical (unpaired) electrons. The third-order valence-corrected chi connectivity index (χ3v) is 8.55. The van der Waals surface area contributed by atoms with Crippen molar-refractivity contribution in [2.24, 2.45) is 0 Å². The van der Waals surface area contributed by atoms with Gasteiger partial charge in [-0.3, -0.25) is 0 Å². The summed E-state index contributed by atoms with van der Waals surface area (Å²) < 4.78 is 0. The Morgan fingerprint density at radius 2 is 1.38 bits per heavy atom. The number of fused-ring (bicyclic) bond motifs is 4. The molecule has 1 atom stereocenters. The van der Waals surface area contributed by atoms with Crippen molar-refractivity contribution in [3.63, 3.8) is 0 Å². The van der Waals surface area contributed by atoms with E-state index in [1.807, 2.05) is 0 Å². The summed E-state index contributed by atoms with van der Waals surface area (Å²) in [6, 6.07) is 34.1. The van der Waals surface area contributed by atoms with Crippen LogP contribution in [-0.2, 0) is 0 Å². The zero-order valence-electron chi connectivity index (χ0n) is 21.9. The number of allylic oxidation sites excluding steroid dienone is 5. The van der Waals surface area contributed by atoms with Crippen molar-refractivity contribution in [2.45, 2.75) is 25.3 Å². The molecule has 0 unspecified atom stereocenters. The van der Waals surface area contributed by atoms with Gasteiger partial charge in [-0.2, -0.15) is 0 Å². The van der Waals surface area contributed by atoms with Crippen molar-refractivity contribution in [2.75, 3.05) is 9.80 Å². The van der Waals surface area contributed by atoms with Crippen LogP contribution < -0.4 is 26.2 Å². The third-order valence-electron chi connectivity index (χ3n) is 8.55. The number of benzene rings is 4. The molecule has 4 aromatic rings. The second kappa shape index (κ2) is 9.06. The van der Waals surface area contributed by atoms with Crippen LogP contribution >= 0.6 is 0 Å². The monoisotopic (exact) mass is 500 g/mol. The number of hydrogen-bond donors (Lipinski definition) is 0. The van der Waals surface area contributed by atoms with Gasteiger partial charge in [-0.15, -0.1) is 0 Å². The van der Waals surface area contributed by atoms with E-state index in [0.717, 1.165) is 19.3 Å². The Hall–Kier alpha value is -4.50. The summed E-state index contributed by atoms with van der Waals surface area (Å²) in [4.78, 5) is 5.13. The Morgan fingerprint density at radius 1 is 0.641 bits per heavy atom. The van der Waals surface area contributed by atoms with Gasteiger partial charge in [-0.05, 0) is 77.1 Å². The highest BCUT2D eigenvalue weighted by Crippen LogP contribution is 2.43. The highest BCUT2D eigenvalue weighted by molar-refractivity contribution is 7.00. The molecule has 39 heavy (non-hydrogen) atoms. The van der Waals surface area contributed by atoms with Crippen LogP contribution in [0.3, 0.4) is 0 Å². The summed E-state index contributed by atoms with van der Waals surface area (Å²) in [6.07, 6.45) is 19.2. The van der Waals surface area contributed by atoms with Crippen LogP contribution in [0.2, 0.25) is 0 Å². The average molecular weight is 500 g/mol. The maximum Gasteiger partial charge on any atom is 0.252 e. The number of para-hydroxylation sites is 2. The molecule has 4 aliphatic rings. The Morgan fingerprint density at radius 3 is 2.15 bits per heavy atom. The minimum absolute atomic E-state index is 0.191. The second-order valence-electron chi connectivity index (χ2n) is 10.8. The van der Waals surface area contributed by atoms with Crippen LogP contribution in [0.15, 0.2) is 139 Å². The van der Waals surface area contributed by atoms with Crippen molar-refractivity contribution in [1.29, 1.82) is 0 Å². The lowest BCUT2D eigenvalue weighted by Crippen LogP contribution is -2.63. The van der Waals surface area contributed by atoms with Gasteiger partial charge >= 0.3 is 0 Å². The largest absolute Gasteiger partial charge is 0.335 e. The molecule has 2 nitrogen and oxygen atoms in total. The van der Waals surface area contributed by atoms with Crippen molar-refractivity contribution in [3.05, 3.63) is 139 Å². The molecule has 0 spiro atoms. The number of hydrogen-bond acceptors (Lipinski definition) is 2. The van der Waals surface area contributed by atoms with Crippen LogP contribution in [0.5, 0.6) is 0 Å². The average Bonchev–Trinajstić information content (AvgIpc) is 3.02. The van der Waals surface area contributed by atoms with E-state index in [4.69, 9.17) is 0 Å². The molecule has 186 valence electrons. The van der Waals surface area contributed by atoms with Gasteiger partial charge in [0.05, 0.1) is 6.04 Å². The molecule has 0 saturated carbocycles. The summed E-state index contributed by atoms with van der Waals surface area (Å²) in [5, 5.41) is 0. The number of nitrogens with zero attached hydrogens (tertiary/aromatic N) is 2. The van der Waals surface area contributed by atoms with Gasteiger partial charge in [0.1, 0.15) is 0 Å². The quantitative estimate of drug-likeness (QED) is 0.283. The van der Waals surface area contributed by atoms with E-state index < -0.39 is 0 Å². The maximum atomic E-state index is 2.61. The van der Waals surface area contributed by atoms with Crippen molar-refractivity contribution in [1.82, 2.24) is 0 Å². The summed E-state index contributed by atoms with van der Waals surface area (Å²) >= 11 is 0. The van der Waals surface area contributed by atoms with Gasteiger partial charge in [0, 0.05) is 28.4 Å². The van der Waals surface area contributed by atoms with E-state index in [1.54, 1.807) is 0 Å². The lowest BCUT2D eigenvalue weighted by molar-refractivity contribution is 0.787. The van der Waals surface area contributed by atoms with Crippen molar-refractivity contribution < 1.29 is 0 Å². The van der Waals surface area contributed by atoms with E-state index >= 15 is 0 Å². The molecule has 3 heteroatoms.